The highest BCUT2D eigenvalue weighted by atomic mass is 35.5. The molecule has 2 aromatic rings. The van der Waals surface area contributed by atoms with Crippen molar-refractivity contribution < 1.29 is 4.74 Å². The van der Waals surface area contributed by atoms with Crippen LogP contribution in [0.3, 0.4) is 0 Å². The zero-order valence-corrected chi connectivity index (χ0v) is 12.9. The Labute approximate surface area is 129 Å². The van der Waals surface area contributed by atoms with Crippen LogP contribution < -0.4 is 5.73 Å². The van der Waals surface area contributed by atoms with Crippen LogP contribution in [0.2, 0.25) is 5.02 Å². The molecule has 0 bridgehead atoms. The summed E-state index contributed by atoms with van der Waals surface area (Å²) in [6.45, 7) is 4.65. The van der Waals surface area contributed by atoms with Gasteiger partial charge in [0.25, 0.3) is 0 Å². The Morgan fingerprint density at radius 3 is 2.90 bits per heavy atom. The van der Waals surface area contributed by atoms with Crippen molar-refractivity contribution in [2.45, 2.75) is 26.3 Å². The number of nitrogens with two attached hydrogens (primary N) is 1. The summed E-state index contributed by atoms with van der Waals surface area (Å²) in [5.41, 5.74) is 9.66. The number of rotatable bonds is 3. The standard InChI is InChI=1S/C16H20ClN3O/c1-11-6-14(15(17)7-16(11)18)13-8-19-20(10-13)9-12-2-4-21-5-3-12/h6-8,10,12H,2-5,9,18H2,1H3. The minimum atomic E-state index is 0.648. The van der Waals surface area contributed by atoms with Gasteiger partial charge in [0.2, 0.25) is 0 Å². The van der Waals surface area contributed by atoms with Gasteiger partial charge in [0.05, 0.1) is 11.2 Å². The maximum Gasteiger partial charge on any atom is 0.0568 e. The lowest BCUT2D eigenvalue weighted by Gasteiger charge is -2.21. The van der Waals surface area contributed by atoms with Gasteiger partial charge in [0.15, 0.2) is 0 Å². The first-order chi connectivity index (χ1) is 10.1. The van der Waals surface area contributed by atoms with E-state index in [-0.39, 0.29) is 0 Å². The number of anilines is 1. The molecule has 5 heteroatoms. The Bertz CT molecular complexity index is 632. The third kappa shape index (κ3) is 3.22. The van der Waals surface area contributed by atoms with Gasteiger partial charge < -0.3 is 10.5 Å². The zero-order chi connectivity index (χ0) is 14.8. The van der Waals surface area contributed by atoms with Gasteiger partial charge in [-0.2, -0.15) is 5.10 Å². The number of hydrogen-bond acceptors (Lipinski definition) is 3. The van der Waals surface area contributed by atoms with Gasteiger partial charge in [0.1, 0.15) is 0 Å². The summed E-state index contributed by atoms with van der Waals surface area (Å²) >= 11 is 6.30. The molecule has 0 aliphatic carbocycles. The van der Waals surface area contributed by atoms with Gasteiger partial charge in [-0.25, -0.2) is 0 Å². The van der Waals surface area contributed by atoms with Crippen LogP contribution in [0.1, 0.15) is 18.4 Å². The third-order valence-corrected chi connectivity index (χ3v) is 4.40. The number of aromatic nitrogens is 2. The Morgan fingerprint density at radius 1 is 1.38 bits per heavy atom. The molecule has 1 fully saturated rings. The summed E-state index contributed by atoms with van der Waals surface area (Å²) in [6, 6.07) is 3.83. The second kappa shape index (κ2) is 6.08. The summed E-state index contributed by atoms with van der Waals surface area (Å²) in [5, 5.41) is 5.14. The molecule has 0 saturated carbocycles. The van der Waals surface area contributed by atoms with Crippen molar-refractivity contribution in [1.29, 1.82) is 0 Å². The second-order valence-electron chi connectivity index (χ2n) is 5.70. The van der Waals surface area contributed by atoms with Crippen LogP contribution in [0, 0.1) is 12.8 Å². The van der Waals surface area contributed by atoms with Crippen LogP contribution in [-0.4, -0.2) is 23.0 Å². The quantitative estimate of drug-likeness (QED) is 0.883. The molecule has 0 unspecified atom stereocenters. The fourth-order valence-electron chi connectivity index (χ4n) is 2.71. The van der Waals surface area contributed by atoms with Crippen LogP contribution in [0.25, 0.3) is 11.1 Å². The lowest BCUT2D eigenvalue weighted by Crippen LogP contribution is -2.20. The SMILES string of the molecule is Cc1cc(-c2cnn(CC3CCOCC3)c2)c(Cl)cc1N. The summed E-state index contributed by atoms with van der Waals surface area (Å²) in [7, 11) is 0. The normalized spacial score (nSPS) is 16.3. The lowest BCUT2D eigenvalue weighted by atomic mass is 10.0. The molecule has 2 N–H and O–H groups in total. The highest BCUT2D eigenvalue weighted by Gasteiger charge is 2.15. The van der Waals surface area contributed by atoms with E-state index in [1.54, 1.807) is 0 Å². The molecule has 1 aliphatic heterocycles. The lowest BCUT2D eigenvalue weighted by molar-refractivity contribution is 0.0601. The van der Waals surface area contributed by atoms with Crippen molar-refractivity contribution >= 4 is 17.3 Å². The number of ether oxygens (including phenoxy) is 1. The van der Waals surface area contributed by atoms with Crippen molar-refractivity contribution in [1.82, 2.24) is 9.78 Å². The number of nitrogens with zero attached hydrogens (tertiary/aromatic N) is 2. The van der Waals surface area contributed by atoms with Crippen LogP contribution in [0.4, 0.5) is 5.69 Å². The van der Waals surface area contributed by atoms with E-state index in [1.807, 2.05) is 29.9 Å². The molecule has 21 heavy (non-hydrogen) atoms. The molecular formula is C16H20ClN3O. The van der Waals surface area contributed by atoms with Gasteiger partial charge in [0, 0.05) is 42.8 Å². The van der Waals surface area contributed by atoms with Gasteiger partial charge in [-0.3, -0.25) is 4.68 Å². The van der Waals surface area contributed by atoms with Crippen molar-refractivity contribution in [3.63, 3.8) is 0 Å². The molecule has 0 amide bonds. The van der Waals surface area contributed by atoms with E-state index in [9.17, 15) is 0 Å². The number of hydrogen-bond donors (Lipinski definition) is 1. The van der Waals surface area contributed by atoms with Crippen LogP contribution in [0.5, 0.6) is 0 Å². The Morgan fingerprint density at radius 2 is 2.14 bits per heavy atom. The van der Waals surface area contributed by atoms with Gasteiger partial charge in [-0.05, 0) is 43.4 Å². The molecule has 4 nitrogen and oxygen atoms in total. The molecule has 112 valence electrons. The summed E-state index contributed by atoms with van der Waals surface area (Å²) in [4.78, 5) is 0. The van der Waals surface area contributed by atoms with Crippen LogP contribution >= 0.6 is 11.6 Å². The number of benzene rings is 1. The largest absolute Gasteiger partial charge is 0.398 e. The van der Waals surface area contributed by atoms with Gasteiger partial charge in [-0.1, -0.05) is 11.6 Å². The number of nitrogen functional groups attached to an aromatic ring is 1. The molecule has 3 rings (SSSR count). The minimum absolute atomic E-state index is 0.648. The molecular weight excluding hydrogens is 286 g/mol. The van der Waals surface area contributed by atoms with E-state index in [1.165, 1.54) is 0 Å². The Kier molecular flexibility index (Phi) is 4.17. The third-order valence-electron chi connectivity index (χ3n) is 4.09. The molecule has 2 heterocycles. The van der Waals surface area contributed by atoms with E-state index < -0.39 is 0 Å². The van der Waals surface area contributed by atoms with Crippen LogP contribution in [-0.2, 0) is 11.3 Å². The smallest absolute Gasteiger partial charge is 0.0568 e. The molecule has 0 spiro atoms. The van der Waals surface area contributed by atoms with Gasteiger partial charge in [-0.15, -0.1) is 0 Å². The topological polar surface area (TPSA) is 53.1 Å². The molecule has 1 aliphatic rings. The Balaban J connectivity index is 1.79. The molecule has 0 radical (unpaired) electrons. The predicted octanol–water partition coefficient (Wildman–Crippen LogP) is 3.52. The summed E-state index contributed by atoms with van der Waals surface area (Å²) in [6.07, 6.45) is 6.15. The zero-order valence-electron chi connectivity index (χ0n) is 12.2. The van der Waals surface area contributed by atoms with Crippen molar-refractivity contribution in [3.05, 3.63) is 35.1 Å². The summed E-state index contributed by atoms with van der Waals surface area (Å²) < 4.78 is 7.40. The first-order valence-electron chi connectivity index (χ1n) is 7.29. The van der Waals surface area contributed by atoms with Crippen LogP contribution in [0.15, 0.2) is 24.5 Å². The Hall–Kier alpha value is -1.52. The summed E-state index contributed by atoms with van der Waals surface area (Å²) in [5.74, 6) is 0.648. The second-order valence-corrected chi connectivity index (χ2v) is 6.10. The van der Waals surface area contributed by atoms with Crippen molar-refractivity contribution in [2.24, 2.45) is 5.92 Å². The van der Waals surface area contributed by atoms with E-state index in [2.05, 4.69) is 11.3 Å². The highest BCUT2D eigenvalue weighted by molar-refractivity contribution is 6.33. The van der Waals surface area contributed by atoms with E-state index in [0.29, 0.717) is 10.9 Å². The van der Waals surface area contributed by atoms with E-state index in [0.717, 1.165) is 55.0 Å². The highest BCUT2D eigenvalue weighted by Crippen LogP contribution is 2.31. The maximum atomic E-state index is 6.30. The maximum absolute atomic E-state index is 6.30. The first kappa shape index (κ1) is 14.4. The minimum Gasteiger partial charge on any atom is -0.398 e. The molecule has 1 aromatic heterocycles. The average Bonchev–Trinajstić information content (AvgIpc) is 2.92. The van der Waals surface area contributed by atoms with Gasteiger partial charge >= 0.3 is 0 Å². The number of aryl methyl sites for hydroxylation is 1. The van der Waals surface area contributed by atoms with Crippen molar-refractivity contribution in [2.75, 3.05) is 18.9 Å². The number of halogens is 1. The fraction of sp³-hybridized carbons (Fsp3) is 0.438. The monoisotopic (exact) mass is 305 g/mol. The fourth-order valence-corrected chi connectivity index (χ4v) is 3.00. The predicted molar refractivity (Wildman–Crippen MR) is 85.4 cm³/mol. The molecule has 0 atom stereocenters. The molecule has 1 saturated heterocycles. The first-order valence-corrected chi connectivity index (χ1v) is 7.67. The van der Waals surface area contributed by atoms with E-state index >= 15 is 0 Å². The average molecular weight is 306 g/mol. The van der Waals surface area contributed by atoms with E-state index in [4.69, 9.17) is 22.1 Å². The molecule has 1 aromatic carbocycles. The van der Waals surface area contributed by atoms with Crippen molar-refractivity contribution in [3.8, 4) is 11.1 Å².